The number of ether oxygens (including phenoxy) is 2. The van der Waals surface area contributed by atoms with Crippen LogP contribution in [0.2, 0.25) is 0 Å². The SMILES string of the molecule is CCOc1cc([C@@H]2C(C#N)=C(N)N(C)C3=C2C(=O)CCC3)cc(Br)c1OCC. The number of allylic oxidation sites excluding steroid dienone is 3. The summed E-state index contributed by atoms with van der Waals surface area (Å²) in [5, 5.41) is 9.85. The maximum atomic E-state index is 12.9. The van der Waals surface area contributed by atoms with Crippen molar-refractivity contribution < 1.29 is 14.3 Å². The van der Waals surface area contributed by atoms with Crippen LogP contribution in [-0.2, 0) is 4.79 Å². The van der Waals surface area contributed by atoms with Crippen molar-refractivity contribution in [2.45, 2.75) is 39.0 Å². The average Bonchev–Trinajstić information content (AvgIpc) is 2.67. The number of nitrogens with zero attached hydrogens (tertiary/aromatic N) is 2. The van der Waals surface area contributed by atoms with E-state index in [9.17, 15) is 10.1 Å². The molecule has 28 heavy (non-hydrogen) atoms. The Morgan fingerprint density at radius 3 is 2.64 bits per heavy atom. The molecule has 2 aliphatic rings. The van der Waals surface area contributed by atoms with Gasteiger partial charge in [0.1, 0.15) is 5.82 Å². The van der Waals surface area contributed by atoms with E-state index in [4.69, 9.17) is 15.2 Å². The number of hydrogen-bond donors (Lipinski definition) is 1. The standard InChI is InChI=1S/C21H24BrN3O3/c1-4-27-17-10-12(9-14(22)20(17)28-5-2)18-13(11-23)21(24)25(3)15-7-6-8-16(26)19(15)18/h9-10,18H,4-8,24H2,1-3H3/t18-/m1/s1. The van der Waals surface area contributed by atoms with Gasteiger partial charge < -0.3 is 20.1 Å². The van der Waals surface area contributed by atoms with Crippen molar-refractivity contribution in [3.8, 4) is 17.6 Å². The van der Waals surface area contributed by atoms with Crippen molar-refractivity contribution >= 4 is 21.7 Å². The number of Topliss-reactive ketones (excluding diaryl/α,β-unsaturated/α-hetero) is 1. The van der Waals surface area contributed by atoms with Crippen molar-refractivity contribution in [2.24, 2.45) is 5.73 Å². The van der Waals surface area contributed by atoms with Gasteiger partial charge in [0.25, 0.3) is 0 Å². The molecule has 0 aromatic heterocycles. The van der Waals surface area contributed by atoms with E-state index in [2.05, 4.69) is 22.0 Å². The molecule has 0 saturated carbocycles. The third-order valence-electron chi connectivity index (χ3n) is 5.12. The van der Waals surface area contributed by atoms with E-state index >= 15 is 0 Å². The zero-order valence-corrected chi connectivity index (χ0v) is 17.9. The van der Waals surface area contributed by atoms with Crippen LogP contribution >= 0.6 is 15.9 Å². The minimum Gasteiger partial charge on any atom is -0.490 e. The molecule has 2 N–H and O–H groups in total. The highest BCUT2D eigenvalue weighted by molar-refractivity contribution is 9.10. The molecule has 1 aliphatic heterocycles. The maximum absolute atomic E-state index is 12.9. The normalized spacial score (nSPS) is 19.5. The van der Waals surface area contributed by atoms with Crippen LogP contribution in [0, 0.1) is 11.3 Å². The average molecular weight is 446 g/mol. The van der Waals surface area contributed by atoms with Crippen molar-refractivity contribution in [3.05, 3.63) is 44.8 Å². The molecule has 0 amide bonds. The van der Waals surface area contributed by atoms with Crippen LogP contribution in [-0.4, -0.2) is 30.9 Å². The van der Waals surface area contributed by atoms with E-state index in [-0.39, 0.29) is 5.78 Å². The van der Waals surface area contributed by atoms with E-state index in [1.807, 2.05) is 33.0 Å². The van der Waals surface area contributed by atoms with Crippen molar-refractivity contribution in [1.29, 1.82) is 5.26 Å². The fourth-order valence-corrected chi connectivity index (χ4v) is 4.47. The van der Waals surface area contributed by atoms with Gasteiger partial charge in [-0.25, -0.2) is 0 Å². The number of nitriles is 1. The van der Waals surface area contributed by atoms with Crippen molar-refractivity contribution in [2.75, 3.05) is 20.3 Å². The van der Waals surface area contributed by atoms with Gasteiger partial charge in [-0.3, -0.25) is 4.79 Å². The van der Waals surface area contributed by atoms with Crippen LogP contribution in [0.1, 0.15) is 44.6 Å². The molecule has 0 unspecified atom stereocenters. The van der Waals surface area contributed by atoms with E-state index in [0.717, 1.165) is 28.6 Å². The molecule has 7 heteroatoms. The Hall–Kier alpha value is -2.46. The number of rotatable bonds is 5. The number of halogens is 1. The van der Waals surface area contributed by atoms with Gasteiger partial charge in [0, 0.05) is 24.7 Å². The van der Waals surface area contributed by atoms with Gasteiger partial charge in [0.05, 0.1) is 35.2 Å². The van der Waals surface area contributed by atoms with E-state index in [1.165, 1.54) is 0 Å². The number of carbonyl (C=O) groups is 1. The molecule has 0 bridgehead atoms. The topological polar surface area (TPSA) is 88.6 Å². The zero-order valence-electron chi connectivity index (χ0n) is 16.3. The number of benzene rings is 1. The minimum atomic E-state index is -0.504. The monoisotopic (exact) mass is 445 g/mol. The Morgan fingerprint density at radius 1 is 1.29 bits per heavy atom. The van der Waals surface area contributed by atoms with E-state index < -0.39 is 5.92 Å². The lowest BCUT2D eigenvalue weighted by atomic mass is 9.76. The third-order valence-corrected chi connectivity index (χ3v) is 5.71. The number of ketones is 1. The molecule has 1 heterocycles. The highest BCUT2D eigenvalue weighted by Gasteiger charge is 2.39. The summed E-state index contributed by atoms with van der Waals surface area (Å²) in [5.74, 6) is 1.15. The Labute approximate surface area is 173 Å². The fraction of sp³-hybridized carbons (Fsp3) is 0.429. The molecule has 1 aromatic carbocycles. The second kappa shape index (κ2) is 8.27. The van der Waals surface area contributed by atoms with Crippen molar-refractivity contribution in [1.82, 2.24) is 4.90 Å². The summed E-state index contributed by atoms with van der Waals surface area (Å²) >= 11 is 3.56. The molecule has 0 radical (unpaired) electrons. The van der Waals surface area contributed by atoms with Gasteiger partial charge in [0.15, 0.2) is 17.3 Å². The van der Waals surface area contributed by atoms with Crippen LogP contribution in [0.25, 0.3) is 0 Å². The van der Waals surface area contributed by atoms with E-state index in [1.54, 1.807) is 4.90 Å². The lowest BCUT2D eigenvalue weighted by molar-refractivity contribution is -0.116. The summed E-state index contributed by atoms with van der Waals surface area (Å²) in [6.45, 7) is 4.77. The van der Waals surface area contributed by atoms with Crippen LogP contribution in [0.15, 0.2) is 39.3 Å². The van der Waals surface area contributed by atoms with Crippen LogP contribution in [0.4, 0.5) is 0 Å². The highest BCUT2D eigenvalue weighted by atomic mass is 79.9. The summed E-state index contributed by atoms with van der Waals surface area (Å²) in [4.78, 5) is 14.7. The van der Waals surface area contributed by atoms with E-state index in [0.29, 0.717) is 48.1 Å². The molecule has 0 fully saturated rings. The summed E-state index contributed by atoms with van der Waals surface area (Å²) in [7, 11) is 1.82. The maximum Gasteiger partial charge on any atom is 0.175 e. The third kappa shape index (κ3) is 3.37. The Kier molecular flexibility index (Phi) is 5.99. The molecule has 148 valence electrons. The smallest absolute Gasteiger partial charge is 0.175 e. The molecule has 3 rings (SSSR count). The zero-order chi connectivity index (χ0) is 20.4. The summed E-state index contributed by atoms with van der Waals surface area (Å²) in [6.07, 6.45) is 2.05. The van der Waals surface area contributed by atoms with Gasteiger partial charge in [-0.2, -0.15) is 5.26 Å². The first-order valence-corrected chi connectivity index (χ1v) is 10.2. The molecule has 1 aromatic rings. The summed E-state index contributed by atoms with van der Waals surface area (Å²) in [5.41, 5.74) is 9.03. The molecular formula is C21H24BrN3O3. The van der Waals surface area contributed by atoms with Gasteiger partial charge in [0.2, 0.25) is 0 Å². The Bertz CT molecular complexity index is 914. The van der Waals surface area contributed by atoms with Gasteiger partial charge in [-0.05, 0) is 60.3 Å². The quantitative estimate of drug-likeness (QED) is 0.736. The first-order chi connectivity index (χ1) is 13.4. The Balaban J connectivity index is 2.23. The predicted molar refractivity (Wildman–Crippen MR) is 110 cm³/mol. The van der Waals surface area contributed by atoms with Crippen LogP contribution in [0.3, 0.4) is 0 Å². The fourth-order valence-electron chi connectivity index (χ4n) is 3.90. The first-order valence-electron chi connectivity index (χ1n) is 9.43. The first kappa shape index (κ1) is 20.3. The lowest BCUT2D eigenvalue weighted by Crippen LogP contribution is -2.36. The van der Waals surface area contributed by atoms with Crippen LogP contribution < -0.4 is 15.2 Å². The second-order valence-electron chi connectivity index (χ2n) is 6.74. The largest absolute Gasteiger partial charge is 0.490 e. The molecule has 1 atom stereocenters. The molecule has 0 saturated heterocycles. The Morgan fingerprint density at radius 2 is 2.00 bits per heavy atom. The van der Waals surface area contributed by atoms with Gasteiger partial charge in [-0.1, -0.05) is 0 Å². The molecule has 1 aliphatic carbocycles. The predicted octanol–water partition coefficient (Wildman–Crippen LogP) is 3.98. The van der Waals surface area contributed by atoms with Crippen molar-refractivity contribution in [3.63, 3.8) is 0 Å². The second-order valence-corrected chi connectivity index (χ2v) is 7.59. The highest BCUT2D eigenvalue weighted by Crippen LogP contribution is 2.47. The van der Waals surface area contributed by atoms with Gasteiger partial charge in [-0.15, -0.1) is 0 Å². The number of nitrogens with two attached hydrogens (primary N) is 1. The minimum absolute atomic E-state index is 0.0707. The molecule has 0 spiro atoms. The summed E-state index contributed by atoms with van der Waals surface area (Å²) < 4.78 is 12.2. The number of hydrogen-bond acceptors (Lipinski definition) is 6. The van der Waals surface area contributed by atoms with Gasteiger partial charge >= 0.3 is 0 Å². The number of carbonyl (C=O) groups excluding carboxylic acids is 1. The van der Waals surface area contributed by atoms with Crippen LogP contribution in [0.5, 0.6) is 11.5 Å². The molecular weight excluding hydrogens is 422 g/mol. The lowest BCUT2D eigenvalue weighted by Gasteiger charge is -2.37. The molecule has 6 nitrogen and oxygen atoms in total. The summed E-state index contributed by atoms with van der Waals surface area (Å²) in [6, 6.07) is 5.98.